The van der Waals surface area contributed by atoms with Crippen LogP contribution in [0.2, 0.25) is 0 Å². The maximum absolute atomic E-state index is 8.80. The third-order valence-electron chi connectivity index (χ3n) is 1.76. The quantitative estimate of drug-likeness (QED) is 0.751. The van der Waals surface area contributed by atoms with Crippen molar-refractivity contribution in [2.24, 2.45) is 10.2 Å². The second kappa shape index (κ2) is 4.15. The Bertz CT molecular complexity index is 507. The summed E-state index contributed by atoms with van der Waals surface area (Å²) >= 11 is 0. The van der Waals surface area contributed by atoms with Crippen LogP contribution in [0.25, 0.3) is 0 Å². The summed E-state index contributed by atoms with van der Waals surface area (Å²) in [7, 11) is 0. The lowest BCUT2D eigenvalue weighted by molar-refractivity contribution is 1.12. The molecule has 0 saturated heterocycles. The Labute approximate surface area is 86.1 Å². The van der Waals surface area contributed by atoms with E-state index in [4.69, 9.17) is 5.26 Å². The first-order valence-corrected chi connectivity index (χ1v) is 4.30. The van der Waals surface area contributed by atoms with Crippen molar-refractivity contribution in [2.75, 3.05) is 0 Å². The van der Waals surface area contributed by atoms with E-state index in [2.05, 4.69) is 20.2 Å². The fourth-order valence-electron chi connectivity index (χ4n) is 1.07. The fraction of sp³-hybridized carbons (Fsp3) is 0. The second-order valence-electron chi connectivity index (χ2n) is 2.74. The summed E-state index contributed by atoms with van der Waals surface area (Å²) in [5.74, 6) is 0.419. The van der Waals surface area contributed by atoms with Crippen LogP contribution in [0.15, 0.2) is 46.9 Å². The average molecular weight is 197 g/mol. The summed E-state index contributed by atoms with van der Waals surface area (Å²) in [4.78, 5) is 6.68. The van der Waals surface area contributed by atoms with Gasteiger partial charge in [-0.05, 0) is 12.1 Å². The van der Waals surface area contributed by atoms with Gasteiger partial charge in [0.25, 0.3) is 0 Å². The van der Waals surface area contributed by atoms with Gasteiger partial charge in [-0.2, -0.15) is 5.26 Å². The third kappa shape index (κ3) is 2.06. The van der Waals surface area contributed by atoms with E-state index < -0.39 is 0 Å². The summed E-state index contributed by atoms with van der Waals surface area (Å²) in [6, 6.07) is 9.04. The number of nitrogens with one attached hydrogen (secondary N) is 1. The number of aromatic amines is 1. The van der Waals surface area contributed by atoms with Gasteiger partial charge in [0.05, 0.1) is 5.56 Å². The largest absolute Gasteiger partial charge is 0.328 e. The molecule has 1 N–H and O–H groups in total. The van der Waals surface area contributed by atoms with E-state index in [1.54, 1.807) is 36.7 Å². The Balaban J connectivity index is 2.29. The van der Waals surface area contributed by atoms with Gasteiger partial charge < -0.3 is 4.98 Å². The van der Waals surface area contributed by atoms with Crippen LogP contribution in [0.5, 0.6) is 0 Å². The predicted octanol–water partition coefficient (Wildman–Crippen LogP) is 2.70. The van der Waals surface area contributed by atoms with Crippen LogP contribution in [-0.2, 0) is 0 Å². The zero-order valence-electron chi connectivity index (χ0n) is 7.75. The van der Waals surface area contributed by atoms with Gasteiger partial charge in [0.2, 0.25) is 5.95 Å². The standard InChI is InChI=1S/C10H7N5/c11-7-8-3-1-2-4-9(8)14-15-10-12-5-6-13-10/h1-6H,(H,12,13). The van der Waals surface area contributed by atoms with Gasteiger partial charge in [0.1, 0.15) is 11.8 Å². The van der Waals surface area contributed by atoms with Crippen LogP contribution < -0.4 is 0 Å². The van der Waals surface area contributed by atoms with Gasteiger partial charge in [-0.15, -0.1) is 10.2 Å². The first-order valence-electron chi connectivity index (χ1n) is 4.30. The summed E-state index contributed by atoms with van der Waals surface area (Å²) in [5, 5.41) is 16.6. The molecule has 1 heterocycles. The zero-order chi connectivity index (χ0) is 10.5. The van der Waals surface area contributed by atoms with Gasteiger partial charge in [-0.3, -0.25) is 0 Å². The molecule has 1 aromatic heterocycles. The highest BCUT2D eigenvalue weighted by molar-refractivity contribution is 5.52. The highest BCUT2D eigenvalue weighted by Crippen LogP contribution is 2.19. The number of benzene rings is 1. The zero-order valence-corrected chi connectivity index (χ0v) is 7.75. The maximum Gasteiger partial charge on any atom is 0.246 e. The van der Waals surface area contributed by atoms with Crippen molar-refractivity contribution in [2.45, 2.75) is 0 Å². The molecular formula is C10H7N5. The van der Waals surface area contributed by atoms with Crippen LogP contribution in [-0.4, -0.2) is 9.97 Å². The van der Waals surface area contributed by atoms with Crippen LogP contribution in [0.3, 0.4) is 0 Å². The highest BCUT2D eigenvalue weighted by Gasteiger charge is 1.98. The molecule has 1 aromatic carbocycles. The van der Waals surface area contributed by atoms with Crippen LogP contribution in [0.1, 0.15) is 5.56 Å². The van der Waals surface area contributed by atoms with Crippen molar-refractivity contribution in [3.63, 3.8) is 0 Å². The summed E-state index contributed by atoms with van der Waals surface area (Å²) in [5.41, 5.74) is 1.03. The van der Waals surface area contributed by atoms with Gasteiger partial charge in [-0.1, -0.05) is 12.1 Å². The summed E-state index contributed by atoms with van der Waals surface area (Å²) in [6.07, 6.45) is 3.25. The van der Waals surface area contributed by atoms with E-state index in [1.165, 1.54) is 0 Å². The number of aromatic nitrogens is 2. The maximum atomic E-state index is 8.80. The smallest absolute Gasteiger partial charge is 0.246 e. The van der Waals surface area contributed by atoms with E-state index >= 15 is 0 Å². The molecule has 0 saturated carbocycles. The molecule has 72 valence electrons. The van der Waals surface area contributed by atoms with Crippen molar-refractivity contribution in [3.8, 4) is 6.07 Å². The highest BCUT2D eigenvalue weighted by atomic mass is 15.2. The average Bonchev–Trinajstić information content (AvgIpc) is 2.79. The second-order valence-corrected chi connectivity index (χ2v) is 2.74. The van der Waals surface area contributed by atoms with Gasteiger partial charge in [0.15, 0.2) is 0 Å². The molecule has 0 fully saturated rings. The lowest BCUT2D eigenvalue weighted by Crippen LogP contribution is -1.73. The Morgan fingerprint density at radius 1 is 1.27 bits per heavy atom. The molecule has 0 aliphatic heterocycles. The Hall–Kier alpha value is -2.48. The number of hydrogen-bond acceptors (Lipinski definition) is 4. The third-order valence-corrected chi connectivity index (χ3v) is 1.76. The van der Waals surface area contributed by atoms with E-state index in [0.29, 0.717) is 17.2 Å². The minimum Gasteiger partial charge on any atom is -0.328 e. The SMILES string of the molecule is N#Cc1ccccc1N=Nc1ncc[nH]1. The molecular weight excluding hydrogens is 190 g/mol. The molecule has 15 heavy (non-hydrogen) atoms. The molecule has 0 aliphatic rings. The van der Waals surface area contributed by atoms with Crippen molar-refractivity contribution in [3.05, 3.63) is 42.2 Å². The number of nitriles is 1. The summed E-state index contributed by atoms with van der Waals surface area (Å²) < 4.78 is 0. The van der Waals surface area contributed by atoms with Gasteiger partial charge >= 0.3 is 0 Å². The van der Waals surface area contributed by atoms with E-state index in [0.717, 1.165) is 0 Å². The first-order chi connectivity index (χ1) is 7.40. The minimum absolute atomic E-state index is 0.419. The molecule has 5 nitrogen and oxygen atoms in total. The van der Waals surface area contributed by atoms with Crippen LogP contribution in [0, 0.1) is 11.3 Å². The summed E-state index contributed by atoms with van der Waals surface area (Å²) in [6.45, 7) is 0. The molecule has 0 bridgehead atoms. The van der Waals surface area contributed by atoms with Crippen molar-refractivity contribution < 1.29 is 0 Å². The number of rotatable bonds is 2. The monoisotopic (exact) mass is 197 g/mol. The van der Waals surface area contributed by atoms with Crippen LogP contribution in [0.4, 0.5) is 11.6 Å². The molecule has 0 spiro atoms. The molecule has 0 radical (unpaired) electrons. The van der Waals surface area contributed by atoms with Crippen molar-refractivity contribution >= 4 is 11.6 Å². The molecule has 0 amide bonds. The lowest BCUT2D eigenvalue weighted by Gasteiger charge is -1.92. The Morgan fingerprint density at radius 3 is 2.87 bits per heavy atom. The van der Waals surface area contributed by atoms with Crippen LogP contribution >= 0.6 is 0 Å². The normalized spacial score (nSPS) is 10.3. The number of hydrogen-bond donors (Lipinski definition) is 1. The molecule has 0 unspecified atom stereocenters. The Morgan fingerprint density at radius 2 is 2.13 bits per heavy atom. The van der Waals surface area contributed by atoms with Crippen molar-refractivity contribution in [1.82, 2.24) is 9.97 Å². The predicted molar refractivity (Wildman–Crippen MR) is 53.9 cm³/mol. The van der Waals surface area contributed by atoms with Crippen molar-refractivity contribution in [1.29, 1.82) is 5.26 Å². The molecule has 0 aliphatic carbocycles. The topological polar surface area (TPSA) is 77.2 Å². The number of azo groups is 1. The molecule has 2 aromatic rings. The first kappa shape index (κ1) is 9.09. The Kier molecular flexibility index (Phi) is 2.52. The van der Waals surface area contributed by atoms with Gasteiger partial charge in [0, 0.05) is 12.4 Å². The minimum atomic E-state index is 0.419. The van der Waals surface area contributed by atoms with E-state index in [9.17, 15) is 0 Å². The number of nitrogens with zero attached hydrogens (tertiary/aromatic N) is 4. The van der Waals surface area contributed by atoms with Gasteiger partial charge in [-0.25, -0.2) is 4.98 Å². The molecule has 2 rings (SSSR count). The molecule has 0 atom stereocenters. The molecule has 5 heteroatoms. The van der Waals surface area contributed by atoms with E-state index in [-0.39, 0.29) is 0 Å². The van der Waals surface area contributed by atoms with E-state index in [1.807, 2.05) is 6.07 Å². The lowest BCUT2D eigenvalue weighted by atomic mass is 10.2. The number of imidazole rings is 1. The fourth-order valence-corrected chi connectivity index (χ4v) is 1.07. The number of H-pyrrole nitrogens is 1.